The lowest BCUT2D eigenvalue weighted by Gasteiger charge is -2.21. The largest absolute Gasteiger partial charge is 0.324 e. The molecule has 17 heavy (non-hydrogen) atoms. The summed E-state index contributed by atoms with van der Waals surface area (Å²) < 4.78 is 23.7. The van der Waals surface area contributed by atoms with E-state index >= 15 is 0 Å². The number of hydrogen-bond acceptors (Lipinski definition) is 4. The zero-order chi connectivity index (χ0) is 12.5. The molecule has 2 heterocycles. The van der Waals surface area contributed by atoms with E-state index in [1.807, 2.05) is 0 Å². The van der Waals surface area contributed by atoms with Gasteiger partial charge in [-0.3, -0.25) is 4.79 Å². The average molecular weight is 252 g/mol. The van der Waals surface area contributed by atoms with E-state index in [0.717, 1.165) is 6.42 Å². The normalized spacial score (nSPS) is 22.9. The predicted octanol–water partition coefficient (Wildman–Crippen LogP) is 0.886. The summed E-state index contributed by atoms with van der Waals surface area (Å²) in [5, 5.41) is 8.01. The highest BCUT2D eigenvalue weighted by Gasteiger charge is 2.30. The highest BCUT2D eigenvalue weighted by atomic mass is 32.2. The van der Waals surface area contributed by atoms with Crippen molar-refractivity contribution in [2.75, 3.05) is 5.75 Å². The maximum Gasteiger partial charge on any atom is 0.266 e. The van der Waals surface area contributed by atoms with Gasteiger partial charge in [-0.2, -0.15) is 5.26 Å². The Morgan fingerprint density at radius 2 is 2.12 bits per heavy atom. The monoisotopic (exact) mass is 252 g/mol. The van der Waals surface area contributed by atoms with E-state index in [2.05, 4.69) is 4.98 Å². The van der Waals surface area contributed by atoms with Crippen molar-refractivity contribution in [3.8, 4) is 6.07 Å². The number of sulfone groups is 1. The number of nitrogens with zero attached hydrogens (tertiary/aromatic N) is 1. The summed E-state index contributed by atoms with van der Waals surface area (Å²) >= 11 is 0. The number of H-pyrrole nitrogens is 1. The lowest BCUT2D eigenvalue weighted by atomic mass is 10.1. The van der Waals surface area contributed by atoms with Crippen LogP contribution < -0.4 is 5.56 Å². The van der Waals surface area contributed by atoms with Crippen LogP contribution >= 0.6 is 0 Å². The second kappa shape index (κ2) is 4.34. The molecule has 0 aromatic carbocycles. The molecule has 0 spiro atoms. The third-order valence-electron chi connectivity index (χ3n) is 2.98. The fraction of sp³-hybridized carbons (Fsp3) is 0.455. The Kier molecular flexibility index (Phi) is 3.03. The highest BCUT2D eigenvalue weighted by Crippen LogP contribution is 2.31. The van der Waals surface area contributed by atoms with Crippen molar-refractivity contribution in [1.29, 1.82) is 5.26 Å². The number of nitriles is 1. The molecule has 90 valence electrons. The van der Waals surface area contributed by atoms with E-state index in [9.17, 15) is 13.2 Å². The zero-order valence-electron chi connectivity index (χ0n) is 9.14. The molecule has 6 heteroatoms. The second-order valence-electron chi connectivity index (χ2n) is 4.12. The van der Waals surface area contributed by atoms with E-state index < -0.39 is 20.6 Å². The molecule has 0 amide bonds. The van der Waals surface area contributed by atoms with Crippen LogP contribution in [0.2, 0.25) is 0 Å². The van der Waals surface area contributed by atoms with E-state index in [-0.39, 0.29) is 11.3 Å². The van der Waals surface area contributed by atoms with Crippen LogP contribution in [0, 0.1) is 11.3 Å². The maximum absolute atomic E-state index is 11.9. The van der Waals surface area contributed by atoms with Gasteiger partial charge >= 0.3 is 0 Å². The van der Waals surface area contributed by atoms with Crippen LogP contribution in [0.25, 0.3) is 0 Å². The number of pyridine rings is 1. The molecular formula is C11H12N2O3S. The van der Waals surface area contributed by atoms with Crippen LogP contribution in [0.4, 0.5) is 0 Å². The summed E-state index contributed by atoms with van der Waals surface area (Å²) in [6.07, 6.45) is 2.05. The van der Waals surface area contributed by atoms with Gasteiger partial charge in [0.25, 0.3) is 5.56 Å². The average Bonchev–Trinajstić information content (AvgIpc) is 2.28. The Hall–Kier alpha value is -1.61. The first kappa shape index (κ1) is 11.9. The van der Waals surface area contributed by atoms with Crippen molar-refractivity contribution in [3.63, 3.8) is 0 Å². The maximum atomic E-state index is 11.9. The van der Waals surface area contributed by atoms with Gasteiger partial charge in [0, 0.05) is 5.69 Å². The number of rotatable bonds is 1. The first-order valence-corrected chi connectivity index (χ1v) is 7.11. The minimum absolute atomic E-state index is 0.00181. The Labute approximate surface area is 99.0 Å². The molecule has 1 atom stereocenters. The van der Waals surface area contributed by atoms with E-state index in [1.54, 1.807) is 6.07 Å². The summed E-state index contributed by atoms with van der Waals surface area (Å²) in [6.45, 7) is 0. The van der Waals surface area contributed by atoms with E-state index in [1.165, 1.54) is 12.1 Å². The minimum atomic E-state index is -3.17. The Morgan fingerprint density at radius 3 is 2.71 bits per heavy atom. The minimum Gasteiger partial charge on any atom is -0.324 e. The Bertz CT molecular complexity index is 625. The fourth-order valence-corrected chi connectivity index (χ4v) is 4.01. The Balaban J connectivity index is 2.45. The molecule has 1 aliphatic rings. The molecule has 1 aliphatic heterocycles. The Morgan fingerprint density at radius 1 is 1.35 bits per heavy atom. The standard InChI is InChI=1S/C11H12N2O3S/c12-7-8-4-5-9(13-11(8)14)10-3-1-2-6-17(10,15)16/h4-5,10H,1-3,6H2,(H,13,14). The summed E-state index contributed by atoms with van der Waals surface area (Å²) in [5.41, 5.74) is -0.124. The van der Waals surface area contributed by atoms with Crippen LogP contribution in [0.3, 0.4) is 0 Å². The molecule has 0 bridgehead atoms. The van der Waals surface area contributed by atoms with Gasteiger partial charge < -0.3 is 4.98 Å². The molecule has 0 saturated carbocycles. The van der Waals surface area contributed by atoms with Crippen LogP contribution in [0.1, 0.15) is 35.8 Å². The molecule has 1 fully saturated rings. The summed E-state index contributed by atoms with van der Waals surface area (Å²) in [4.78, 5) is 13.9. The highest BCUT2D eigenvalue weighted by molar-refractivity contribution is 7.91. The summed E-state index contributed by atoms with van der Waals surface area (Å²) in [6, 6.07) is 4.65. The van der Waals surface area contributed by atoms with Crippen LogP contribution in [0.15, 0.2) is 16.9 Å². The number of aromatic nitrogens is 1. The fourth-order valence-electron chi connectivity index (χ4n) is 2.07. The van der Waals surface area contributed by atoms with E-state index in [4.69, 9.17) is 5.26 Å². The first-order valence-electron chi connectivity index (χ1n) is 5.39. The van der Waals surface area contributed by atoms with Gasteiger partial charge in [-0.15, -0.1) is 0 Å². The quantitative estimate of drug-likeness (QED) is 0.803. The summed E-state index contributed by atoms with van der Waals surface area (Å²) in [5.74, 6) is 0.166. The van der Waals surface area contributed by atoms with Crippen molar-refractivity contribution in [2.45, 2.75) is 24.5 Å². The lowest BCUT2D eigenvalue weighted by molar-refractivity contribution is 0.542. The molecule has 1 aromatic heterocycles. The molecule has 1 aromatic rings. The van der Waals surface area contributed by atoms with E-state index in [0.29, 0.717) is 18.5 Å². The summed E-state index contributed by atoms with van der Waals surface area (Å²) in [7, 11) is -3.17. The number of hydrogen-bond donors (Lipinski definition) is 1. The third-order valence-corrected chi connectivity index (χ3v) is 5.19. The van der Waals surface area contributed by atoms with Crippen molar-refractivity contribution in [1.82, 2.24) is 4.98 Å². The SMILES string of the molecule is N#Cc1ccc(C2CCCCS2(=O)=O)[nH]c1=O. The molecule has 0 radical (unpaired) electrons. The van der Waals surface area contributed by atoms with Gasteiger partial charge in [0.15, 0.2) is 9.84 Å². The van der Waals surface area contributed by atoms with Crippen LogP contribution in [-0.2, 0) is 9.84 Å². The second-order valence-corrected chi connectivity index (χ2v) is 6.42. The third kappa shape index (κ3) is 2.24. The molecule has 0 aliphatic carbocycles. The topological polar surface area (TPSA) is 90.8 Å². The molecule has 1 unspecified atom stereocenters. The molecule has 1 saturated heterocycles. The van der Waals surface area contributed by atoms with Crippen molar-refractivity contribution >= 4 is 9.84 Å². The van der Waals surface area contributed by atoms with Crippen molar-refractivity contribution in [3.05, 3.63) is 33.7 Å². The van der Waals surface area contributed by atoms with Crippen LogP contribution in [0.5, 0.6) is 0 Å². The molecular weight excluding hydrogens is 240 g/mol. The number of aromatic amines is 1. The van der Waals surface area contributed by atoms with Crippen LogP contribution in [-0.4, -0.2) is 19.2 Å². The number of nitrogens with one attached hydrogen (secondary N) is 1. The molecule has 1 N–H and O–H groups in total. The predicted molar refractivity (Wildman–Crippen MR) is 62.2 cm³/mol. The van der Waals surface area contributed by atoms with Gasteiger partial charge in [-0.1, -0.05) is 6.42 Å². The molecule has 5 nitrogen and oxygen atoms in total. The van der Waals surface area contributed by atoms with Gasteiger partial charge in [0.05, 0.1) is 5.75 Å². The molecule has 2 rings (SSSR count). The first-order chi connectivity index (χ1) is 8.04. The van der Waals surface area contributed by atoms with Gasteiger partial charge in [-0.05, 0) is 25.0 Å². The van der Waals surface area contributed by atoms with Crippen molar-refractivity contribution < 1.29 is 8.42 Å². The van der Waals surface area contributed by atoms with Gasteiger partial charge in [0.2, 0.25) is 0 Å². The lowest BCUT2D eigenvalue weighted by Crippen LogP contribution is -2.24. The smallest absolute Gasteiger partial charge is 0.266 e. The van der Waals surface area contributed by atoms with Crippen molar-refractivity contribution in [2.24, 2.45) is 0 Å². The van der Waals surface area contributed by atoms with Gasteiger partial charge in [0.1, 0.15) is 16.9 Å². The zero-order valence-corrected chi connectivity index (χ0v) is 9.96. The van der Waals surface area contributed by atoms with Gasteiger partial charge in [-0.25, -0.2) is 8.42 Å².